The van der Waals surface area contributed by atoms with E-state index in [9.17, 15) is 4.79 Å². The minimum absolute atomic E-state index is 0.00946. The first-order valence-electron chi connectivity index (χ1n) is 6.74. The molecule has 1 amide bonds. The molecule has 1 N–H and O–H groups in total. The first kappa shape index (κ1) is 14.6. The molecule has 0 saturated heterocycles. The van der Waals surface area contributed by atoms with E-state index in [1.165, 1.54) is 5.56 Å². The zero-order chi connectivity index (χ0) is 14.2. The zero-order valence-electron chi connectivity index (χ0n) is 11.3. The van der Waals surface area contributed by atoms with E-state index in [0.29, 0.717) is 12.3 Å². The second kappa shape index (κ2) is 7.71. The fraction of sp³-hybridized carbons (Fsp3) is 0.235. The van der Waals surface area contributed by atoms with Gasteiger partial charge in [0.05, 0.1) is 6.04 Å². The van der Waals surface area contributed by atoms with E-state index >= 15 is 0 Å². The Kier molecular flexibility index (Phi) is 5.63. The highest BCUT2D eigenvalue weighted by molar-refractivity contribution is 6.18. The molecule has 20 heavy (non-hydrogen) atoms. The summed E-state index contributed by atoms with van der Waals surface area (Å²) in [5.41, 5.74) is 2.31. The molecule has 0 saturated carbocycles. The highest BCUT2D eigenvalue weighted by Crippen LogP contribution is 2.18. The summed E-state index contributed by atoms with van der Waals surface area (Å²) in [6.07, 6.45) is 1.12. The fourth-order valence-electron chi connectivity index (χ4n) is 2.14. The normalized spacial score (nSPS) is 11.8. The van der Waals surface area contributed by atoms with Crippen molar-refractivity contribution < 1.29 is 4.79 Å². The number of rotatable bonds is 6. The van der Waals surface area contributed by atoms with Gasteiger partial charge in [-0.1, -0.05) is 60.7 Å². The first-order valence-corrected chi connectivity index (χ1v) is 7.27. The van der Waals surface area contributed by atoms with Gasteiger partial charge in [-0.05, 0) is 17.5 Å². The van der Waals surface area contributed by atoms with Crippen LogP contribution in [0.5, 0.6) is 0 Å². The summed E-state index contributed by atoms with van der Waals surface area (Å²) in [4.78, 5) is 11.8. The molecule has 104 valence electrons. The van der Waals surface area contributed by atoms with Crippen LogP contribution in [0.1, 0.15) is 23.6 Å². The lowest BCUT2D eigenvalue weighted by Gasteiger charge is -2.19. The molecule has 2 nitrogen and oxygen atoms in total. The number of halogens is 1. The van der Waals surface area contributed by atoms with E-state index in [1.807, 2.05) is 48.5 Å². The maximum atomic E-state index is 11.8. The average Bonchev–Trinajstić information content (AvgIpc) is 2.49. The third-order valence-electron chi connectivity index (χ3n) is 3.14. The molecule has 3 heteroatoms. The maximum Gasteiger partial charge on any atom is 0.221 e. The van der Waals surface area contributed by atoms with Crippen molar-refractivity contribution in [1.29, 1.82) is 0 Å². The number of carbonyl (C=O) groups excluding carboxylic acids is 1. The quantitative estimate of drug-likeness (QED) is 0.806. The second-order valence-electron chi connectivity index (χ2n) is 4.66. The van der Waals surface area contributed by atoms with Crippen molar-refractivity contribution in [2.24, 2.45) is 0 Å². The molecule has 0 spiro atoms. The Morgan fingerprint density at radius 2 is 1.60 bits per heavy atom. The van der Waals surface area contributed by atoms with E-state index in [1.54, 1.807) is 0 Å². The third-order valence-corrected chi connectivity index (χ3v) is 3.33. The van der Waals surface area contributed by atoms with Crippen LogP contribution in [0.3, 0.4) is 0 Å². The standard InChI is InChI=1S/C17H18ClNO/c18-12-11-17(20)19-16(15-9-5-2-6-10-15)13-14-7-3-1-4-8-14/h1-10,16H,11-13H2,(H,19,20)/t16-/m1/s1. The predicted octanol–water partition coefficient (Wildman–Crippen LogP) is 3.72. The summed E-state index contributed by atoms with van der Waals surface area (Å²) in [6, 6.07) is 20.2. The van der Waals surface area contributed by atoms with E-state index in [2.05, 4.69) is 17.4 Å². The van der Waals surface area contributed by atoms with Crippen LogP contribution in [0.15, 0.2) is 60.7 Å². The lowest BCUT2D eigenvalue weighted by atomic mass is 9.99. The van der Waals surface area contributed by atoms with Crippen LogP contribution in [0.2, 0.25) is 0 Å². The molecule has 0 aliphatic rings. The number of benzene rings is 2. The average molecular weight is 288 g/mol. The van der Waals surface area contributed by atoms with Crippen LogP contribution >= 0.6 is 11.6 Å². The maximum absolute atomic E-state index is 11.8. The van der Waals surface area contributed by atoms with Gasteiger partial charge in [0.25, 0.3) is 0 Å². The molecule has 2 aromatic rings. The zero-order valence-corrected chi connectivity index (χ0v) is 12.0. The summed E-state index contributed by atoms with van der Waals surface area (Å²) < 4.78 is 0. The molecular formula is C17H18ClNO. The molecule has 0 aromatic heterocycles. The van der Waals surface area contributed by atoms with Crippen LogP contribution in [0.4, 0.5) is 0 Å². The van der Waals surface area contributed by atoms with Crippen LogP contribution in [-0.4, -0.2) is 11.8 Å². The molecule has 0 aliphatic carbocycles. The third kappa shape index (κ3) is 4.39. The number of amides is 1. The molecular weight excluding hydrogens is 270 g/mol. The van der Waals surface area contributed by atoms with Gasteiger partial charge in [-0.15, -0.1) is 11.6 Å². The van der Waals surface area contributed by atoms with Crippen molar-refractivity contribution in [1.82, 2.24) is 5.32 Å². The van der Waals surface area contributed by atoms with E-state index in [0.717, 1.165) is 12.0 Å². The second-order valence-corrected chi connectivity index (χ2v) is 5.04. The summed E-state index contributed by atoms with van der Waals surface area (Å²) >= 11 is 5.63. The molecule has 0 aliphatic heterocycles. The SMILES string of the molecule is O=C(CCCl)N[C@H](Cc1ccccc1)c1ccccc1. The summed E-state index contributed by atoms with van der Waals surface area (Å²) in [7, 11) is 0. The molecule has 0 radical (unpaired) electrons. The van der Waals surface area contributed by atoms with Gasteiger partial charge in [-0.2, -0.15) is 0 Å². The fourth-order valence-corrected chi connectivity index (χ4v) is 2.31. The van der Waals surface area contributed by atoms with E-state index < -0.39 is 0 Å². The number of hydrogen-bond acceptors (Lipinski definition) is 1. The Labute approximate surface area is 124 Å². The molecule has 0 fully saturated rings. The van der Waals surface area contributed by atoms with Crippen LogP contribution < -0.4 is 5.32 Å². The monoisotopic (exact) mass is 287 g/mol. The number of hydrogen-bond donors (Lipinski definition) is 1. The lowest BCUT2D eigenvalue weighted by molar-refractivity contribution is -0.121. The predicted molar refractivity (Wildman–Crippen MR) is 82.8 cm³/mol. The Hall–Kier alpha value is -1.80. The molecule has 0 unspecified atom stereocenters. The smallest absolute Gasteiger partial charge is 0.221 e. The van der Waals surface area contributed by atoms with Gasteiger partial charge in [0.1, 0.15) is 0 Å². The first-order chi connectivity index (χ1) is 9.79. The van der Waals surface area contributed by atoms with Crippen molar-refractivity contribution in [2.45, 2.75) is 18.9 Å². The minimum Gasteiger partial charge on any atom is -0.349 e. The van der Waals surface area contributed by atoms with Gasteiger partial charge in [0, 0.05) is 12.3 Å². The number of nitrogens with one attached hydrogen (secondary N) is 1. The summed E-state index contributed by atoms with van der Waals surface area (Å²) in [6.45, 7) is 0. The molecule has 0 heterocycles. The van der Waals surface area contributed by atoms with Gasteiger partial charge in [-0.3, -0.25) is 4.79 Å². The molecule has 1 atom stereocenters. The van der Waals surface area contributed by atoms with Gasteiger partial charge in [0.2, 0.25) is 5.91 Å². The topological polar surface area (TPSA) is 29.1 Å². The largest absolute Gasteiger partial charge is 0.349 e. The number of carbonyl (C=O) groups is 1. The minimum atomic E-state index is -0.0192. The van der Waals surface area contributed by atoms with Crippen molar-refractivity contribution in [3.05, 3.63) is 71.8 Å². The van der Waals surface area contributed by atoms with E-state index in [-0.39, 0.29) is 11.9 Å². The molecule has 0 bridgehead atoms. The van der Waals surface area contributed by atoms with Gasteiger partial charge in [0.15, 0.2) is 0 Å². The van der Waals surface area contributed by atoms with Crippen molar-refractivity contribution in [3.63, 3.8) is 0 Å². The van der Waals surface area contributed by atoms with Gasteiger partial charge in [-0.25, -0.2) is 0 Å². The van der Waals surface area contributed by atoms with E-state index in [4.69, 9.17) is 11.6 Å². The van der Waals surface area contributed by atoms with Crippen molar-refractivity contribution >= 4 is 17.5 Å². The van der Waals surface area contributed by atoms with Gasteiger partial charge >= 0.3 is 0 Å². The van der Waals surface area contributed by atoms with Crippen molar-refractivity contribution in [2.75, 3.05) is 5.88 Å². The van der Waals surface area contributed by atoms with Crippen LogP contribution in [0.25, 0.3) is 0 Å². The van der Waals surface area contributed by atoms with Crippen molar-refractivity contribution in [3.8, 4) is 0 Å². The Morgan fingerprint density at radius 1 is 1.00 bits per heavy atom. The highest BCUT2D eigenvalue weighted by Gasteiger charge is 2.14. The lowest BCUT2D eigenvalue weighted by Crippen LogP contribution is -2.30. The molecule has 2 aromatic carbocycles. The van der Waals surface area contributed by atoms with Gasteiger partial charge < -0.3 is 5.32 Å². The highest BCUT2D eigenvalue weighted by atomic mass is 35.5. The molecule has 2 rings (SSSR count). The Balaban J connectivity index is 2.14. The summed E-state index contributed by atoms with van der Waals surface area (Å²) in [5, 5.41) is 3.06. The van der Waals surface area contributed by atoms with Crippen LogP contribution in [0, 0.1) is 0 Å². The number of alkyl halides is 1. The van der Waals surface area contributed by atoms with Crippen LogP contribution in [-0.2, 0) is 11.2 Å². The Morgan fingerprint density at radius 3 is 2.20 bits per heavy atom. The Bertz CT molecular complexity index is 527. The summed E-state index contributed by atoms with van der Waals surface area (Å²) in [5.74, 6) is 0.336.